The van der Waals surface area contributed by atoms with Crippen molar-refractivity contribution in [2.45, 2.75) is 30.6 Å². The van der Waals surface area contributed by atoms with E-state index in [0.717, 1.165) is 30.2 Å². The summed E-state index contributed by atoms with van der Waals surface area (Å²) in [4.78, 5) is 43.7. The van der Waals surface area contributed by atoms with Crippen LogP contribution in [0.2, 0.25) is 0 Å². The van der Waals surface area contributed by atoms with Gasteiger partial charge in [-0.15, -0.1) is 10.2 Å². The van der Waals surface area contributed by atoms with Crippen LogP contribution in [-0.4, -0.2) is 40.8 Å². The minimum absolute atomic E-state index is 0.0769. The van der Waals surface area contributed by atoms with Crippen molar-refractivity contribution in [3.05, 3.63) is 75.1 Å². The molecule has 0 aromatic carbocycles. The van der Waals surface area contributed by atoms with Crippen LogP contribution in [0.4, 0.5) is 5.82 Å². The lowest BCUT2D eigenvalue weighted by Gasteiger charge is -2.11. The second-order valence-corrected chi connectivity index (χ2v) is 8.49. The summed E-state index contributed by atoms with van der Waals surface area (Å²) in [6, 6.07) is 7.18. The van der Waals surface area contributed by atoms with E-state index in [0.29, 0.717) is 23.3 Å². The van der Waals surface area contributed by atoms with Crippen LogP contribution in [0, 0.1) is 0 Å². The molecule has 0 atom stereocenters. The van der Waals surface area contributed by atoms with Gasteiger partial charge in [0.25, 0.3) is 5.56 Å². The molecule has 1 fully saturated rings. The van der Waals surface area contributed by atoms with Gasteiger partial charge in [-0.25, -0.2) is 4.79 Å². The molecule has 168 valence electrons. The Hall–Kier alpha value is -3.93. The van der Waals surface area contributed by atoms with Gasteiger partial charge in [0.1, 0.15) is 17.1 Å². The lowest BCUT2D eigenvalue weighted by Crippen LogP contribution is -2.36. The smallest absolute Gasteiger partial charge is 0.330 e. The van der Waals surface area contributed by atoms with Gasteiger partial charge >= 0.3 is 5.69 Å². The second-order valence-electron chi connectivity index (χ2n) is 7.55. The summed E-state index contributed by atoms with van der Waals surface area (Å²) in [7, 11) is 0. The number of aromatic nitrogens is 6. The molecule has 1 aliphatic rings. The van der Waals surface area contributed by atoms with E-state index in [2.05, 4.69) is 20.2 Å². The van der Waals surface area contributed by atoms with Crippen LogP contribution in [0.5, 0.6) is 0 Å². The summed E-state index contributed by atoms with van der Waals surface area (Å²) in [5.41, 5.74) is 5.23. The number of hydrogen-bond donors (Lipinski definition) is 2. The molecule has 1 aliphatic carbocycles. The molecule has 4 aromatic rings. The van der Waals surface area contributed by atoms with Crippen molar-refractivity contribution in [2.24, 2.45) is 0 Å². The topological polar surface area (TPSA) is 155 Å². The standard InChI is InChI=1S/C21H19N7O4S/c22-17-16(19(30)24-20(31)28(17)13-5-6-13)15(29)11-33-21-26-25-18(12-3-1-7-23-9-12)27(21)10-14-4-2-8-32-14/h1-4,7-9,13H,5-6,10-11,22H2,(H,24,30,31). The van der Waals surface area contributed by atoms with Crippen molar-refractivity contribution in [3.8, 4) is 11.4 Å². The van der Waals surface area contributed by atoms with Crippen molar-refractivity contribution >= 4 is 23.4 Å². The summed E-state index contributed by atoms with van der Waals surface area (Å²) in [6.07, 6.45) is 6.47. The number of Topliss-reactive ketones (excluding diaryl/α,β-unsaturated/α-hetero) is 1. The zero-order chi connectivity index (χ0) is 22.9. The first-order chi connectivity index (χ1) is 16.0. The SMILES string of the molecule is Nc1c(C(=O)CSc2nnc(-c3cccnc3)n2Cc2ccco2)c(=O)[nH]c(=O)n1C1CC1. The number of nitrogens with one attached hydrogen (secondary N) is 1. The molecule has 4 aromatic heterocycles. The number of furan rings is 1. The largest absolute Gasteiger partial charge is 0.467 e. The Morgan fingerprint density at radius 3 is 2.79 bits per heavy atom. The van der Waals surface area contributed by atoms with E-state index in [9.17, 15) is 14.4 Å². The van der Waals surface area contributed by atoms with Crippen LogP contribution in [0.1, 0.15) is 35.0 Å². The van der Waals surface area contributed by atoms with Crippen molar-refractivity contribution in [3.63, 3.8) is 0 Å². The number of carbonyl (C=O) groups excluding carboxylic acids is 1. The fourth-order valence-electron chi connectivity index (χ4n) is 3.54. The molecule has 33 heavy (non-hydrogen) atoms. The number of hydrogen-bond acceptors (Lipinski definition) is 9. The second kappa shape index (κ2) is 8.54. The van der Waals surface area contributed by atoms with E-state index in [1.54, 1.807) is 30.8 Å². The summed E-state index contributed by atoms with van der Waals surface area (Å²) in [5, 5.41) is 8.97. The normalized spacial score (nSPS) is 13.3. The molecule has 0 amide bonds. The zero-order valence-corrected chi connectivity index (χ0v) is 18.1. The van der Waals surface area contributed by atoms with Gasteiger partial charge in [0.15, 0.2) is 16.8 Å². The Labute approximate surface area is 190 Å². The Morgan fingerprint density at radius 2 is 2.09 bits per heavy atom. The lowest BCUT2D eigenvalue weighted by atomic mass is 10.2. The first kappa shape index (κ1) is 20.9. The molecule has 3 N–H and O–H groups in total. The fourth-order valence-corrected chi connectivity index (χ4v) is 4.35. The van der Waals surface area contributed by atoms with E-state index < -0.39 is 17.0 Å². The molecule has 11 nitrogen and oxygen atoms in total. The highest BCUT2D eigenvalue weighted by atomic mass is 32.2. The van der Waals surface area contributed by atoms with Gasteiger partial charge in [-0.2, -0.15) is 0 Å². The number of H-pyrrole nitrogens is 1. The Bertz CT molecular complexity index is 1420. The van der Waals surface area contributed by atoms with Crippen LogP contribution in [0.15, 0.2) is 62.1 Å². The predicted molar refractivity (Wildman–Crippen MR) is 120 cm³/mol. The number of pyridine rings is 1. The monoisotopic (exact) mass is 465 g/mol. The van der Waals surface area contributed by atoms with Gasteiger partial charge < -0.3 is 10.2 Å². The molecule has 0 bridgehead atoms. The van der Waals surface area contributed by atoms with E-state index in [1.807, 2.05) is 16.7 Å². The number of nitrogen functional groups attached to an aromatic ring is 1. The number of carbonyl (C=O) groups is 1. The molecular weight excluding hydrogens is 446 g/mol. The average Bonchev–Trinajstić information content (AvgIpc) is 3.34. The highest BCUT2D eigenvalue weighted by molar-refractivity contribution is 7.99. The Balaban J connectivity index is 1.44. The van der Waals surface area contributed by atoms with Gasteiger partial charge in [-0.1, -0.05) is 11.8 Å². The van der Waals surface area contributed by atoms with E-state index in [1.165, 1.54) is 4.57 Å². The van der Waals surface area contributed by atoms with Crippen LogP contribution >= 0.6 is 11.8 Å². The molecular formula is C21H19N7O4S. The summed E-state index contributed by atoms with van der Waals surface area (Å²) in [5.74, 6) is 0.549. The van der Waals surface area contributed by atoms with Gasteiger partial charge in [-0.3, -0.25) is 28.7 Å². The molecule has 12 heteroatoms. The number of thioether (sulfide) groups is 1. The number of nitrogens with two attached hydrogens (primary N) is 1. The van der Waals surface area contributed by atoms with Crippen molar-refractivity contribution in [2.75, 3.05) is 11.5 Å². The van der Waals surface area contributed by atoms with E-state index in [4.69, 9.17) is 10.2 Å². The number of rotatable bonds is 8. The fraction of sp³-hybridized carbons (Fsp3) is 0.238. The van der Waals surface area contributed by atoms with E-state index >= 15 is 0 Å². The third kappa shape index (κ3) is 4.12. The van der Waals surface area contributed by atoms with Crippen LogP contribution in [0.3, 0.4) is 0 Å². The van der Waals surface area contributed by atoms with Gasteiger partial charge in [0.2, 0.25) is 0 Å². The van der Waals surface area contributed by atoms with Crippen molar-refractivity contribution in [1.29, 1.82) is 0 Å². The molecule has 0 spiro atoms. The lowest BCUT2D eigenvalue weighted by molar-refractivity contribution is 0.102. The van der Waals surface area contributed by atoms with Crippen LogP contribution < -0.4 is 17.0 Å². The van der Waals surface area contributed by atoms with Crippen molar-refractivity contribution in [1.82, 2.24) is 29.3 Å². The van der Waals surface area contributed by atoms with Crippen LogP contribution in [-0.2, 0) is 6.54 Å². The molecule has 0 unspecified atom stereocenters. The maximum Gasteiger partial charge on any atom is 0.330 e. The predicted octanol–water partition coefficient (Wildman–Crippen LogP) is 1.72. The number of anilines is 1. The minimum Gasteiger partial charge on any atom is -0.467 e. The van der Waals surface area contributed by atoms with Gasteiger partial charge in [0, 0.05) is 24.0 Å². The third-order valence-electron chi connectivity index (χ3n) is 5.24. The molecule has 0 radical (unpaired) electrons. The average molecular weight is 465 g/mol. The van der Waals surface area contributed by atoms with E-state index in [-0.39, 0.29) is 23.2 Å². The highest BCUT2D eigenvalue weighted by Gasteiger charge is 2.30. The van der Waals surface area contributed by atoms with Gasteiger partial charge in [-0.05, 0) is 37.1 Å². The number of ketones is 1. The number of aromatic amines is 1. The molecule has 5 rings (SSSR count). The summed E-state index contributed by atoms with van der Waals surface area (Å²) in [6.45, 7) is 0.343. The minimum atomic E-state index is -0.784. The van der Waals surface area contributed by atoms with Crippen molar-refractivity contribution < 1.29 is 9.21 Å². The Kier molecular flexibility index (Phi) is 5.42. The maximum atomic E-state index is 12.9. The number of nitrogens with zero attached hydrogens (tertiary/aromatic N) is 5. The molecule has 4 heterocycles. The molecule has 1 saturated carbocycles. The van der Waals surface area contributed by atoms with Gasteiger partial charge in [0.05, 0.1) is 18.6 Å². The zero-order valence-electron chi connectivity index (χ0n) is 17.3. The Morgan fingerprint density at radius 1 is 1.24 bits per heavy atom. The molecule has 0 aliphatic heterocycles. The third-order valence-corrected chi connectivity index (χ3v) is 6.20. The maximum absolute atomic E-state index is 12.9. The summed E-state index contributed by atoms with van der Waals surface area (Å²) < 4.78 is 8.57. The first-order valence-electron chi connectivity index (χ1n) is 10.2. The first-order valence-corrected chi connectivity index (χ1v) is 11.2. The summed E-state index contributed by atoms with van der Waals surface area (Å²) >= 11 is 1.12. The highest BCUT2D eigenvalue weighted by Crippen LogP contribution is 2.35. The quantitative estimate of drug-likeness (QED) is 0.292. The van der Waals surface area contributed by atoms with Crippen LogP contribution in [0.25, 0.3) is 11.4 Å². The molecule has 0 saturated heterocycles.